The molecule has 4 nitrogen and oxygen atoms in total. The van der Waals surface area contributed by atoms with Crippen LogP contribution in [0.15, 0.2) is 36.4 Å². The Labute approximate surface area is 141 Å². The molecule has 0 unspecified atom stereocenters. The van der Waals surface area contributed by atoms with Crippen LogP contribution in [0.2, 0.25) is 5.02 Å². The number of rotatable bonds is 8. The van der Waals surface area contributed by atoms with Gasteiger partial charge in [0.1, 0.15) is 0 Å². The zero-order valence-electron chi connectivity index (χ0n) is 13.2. The first-order valence-corrected chi connectivity index (χ1v) is 8.17. The number of hydrogen-bond donors (Lipinski definition) is 1. The molecule has 2 aromatic rings. The molecule has 122 valence electrons. The summed E-state index contributed by atoms with van der Waals surface area (Å²) in [6.45, 7) is 2.86. The summed E-state index contributed by atoms with van der Waals surface area (Å²) in [6, 6.07) is 10.6. The molecule has 1 amide bonds. The van der Waals surface area contributed by atoms with Gasteiger partial charge in [0.25, 0.3) is 0 Å². The number of nitrogens with zero attached hydrogens (tertiary/aromatic N) is 1. The smallest absolute Gasteiger partial charge is 0.217 e. The van der Waals surface area contributed by atoms with E-state index in [1.54, 1.807) is 24.3 Å². The number of carbonyl (C=O) groups is 2. The molecule has 1 aromatic carbocycles. The third-order valence-electron chi connectivity index (χ3n) is 3.77. The van der Waals surface area contributed by atoms with E-state index in [1.165, 1.54) is 0 Å². The molecule has 1 heterocycles. The number of nitrogens with two attached hydrogens (primary N) is 1. The minimum Gasteiger partial charge on any atom is -0.370 e. The monoisotopic (exact) mass is 332 g/mol. The van der Waals surface area contributed by atoms with Crippen molar-refractivity contribution >= 4 is 23.3 Å². The van der Waals surface area contributed by atoms with Gasteiger partial charge in [0.05, 0.1) is 5.69 Å². The molecule has 0 aliphatic carbocycles. The summed E-state index contributed by atoms with van der Waals surface area (Å²) < 4.78 is 2.00. The molecule has 0 bridgehead atoms. The van der Waals surface area contributed by atoms with E-state index in [0.717, 1.165) is 25.1 Å². The molecule has 2 N–H and O–H groups in total. The van der Waals surface area contributed by atoms with Crippen molar-refractivity contribution in [1.29, 1.82) is 0 Å². The van der Waals surface area contributed by atoms with E-state index in [2.05, 4.69) is 6.92 Å². The van der Waals surface area contributed by atoms with Crippen molar-refractivity contribution in [1.82, 2.24) is 4.57 Å². The molecule has 0 saturated heterocycles. The average Bonchev–Trinajstić information content (AvgIpc) is 2.93. The van der Waals surface area contributed by atoms with E-state index in [4.69, 9.17) is 17.3 Å². The molecule has 0 fully saturated rings. The van der Waals surface area contributed by atoms with Gasteiger partial charge in [0, 0.05) is 29.2 Å². The summed E-state index contributed by atoms with van der Waals surface area (Å²) >= 11 is 5.88. The topological polar surface area (TPSA) is 65.1 Å². The maximum Gasteiger partial charge on any atom is 0.217 e. The summed E-state index contributed by atoms with van der Waals surface area (Å²) in [7, 11) is 0. The first-order valence-electron chi connectivity index (χ1n) is 7.80. The van der Waals surface area contributed by atoms with Crippen LogP contribution in [-0.2, 0) is 17.8 Å². The molecule has 0 aliphatic heterocycles. The van der Waals surface area contributed by atoms with E-state index < -0.39 is 0 Å². The summed E-state index contributed by atoms with van der Waals surface area (Å²) in [5, 5.41) is 0.602. The van der Waals surface area contributed by atoms with Crippen molar-refractivity contribution < 1.29 is 9.59 Å². The van der Waals surface area contributed by atoms with Crippen LogP contribution in [0.4, 0.5) is 0 Å². The van der Waals surface area contributed by atoms with Gasteiger partial charge in [-0.3, -0.25) is 9.59 Å². The number of amides is 1. The van der Waals surface area contributed by atoms with Gasteiger partial charge in [-0.05, 0) is 49.2 Å². The fraction of sp³-hybridized carbons (Fsp3) is 0.333. The van der Waals surface area contributed by atoms with Crippen LogP contribution in [0, 0.1) is 0 Å². The second-order valence-electron chi connectivity index (χ2n) is 5.52. The Morgan fingerprint density at radius 2 is 1.83 bits per heavy atom. The van der Waals surface area contributed by atoms with Crippen LogP contribution in [0.3, 0.4) is 0 Å². The zero-order valence-corrected chi connectivity index (χ0v) is 14.0. The molecule has 0 aliphatic rings. The highest BCUT2D eigenvalue weighted by atomic mass is 35.5. The second-order valence-corrected chi connectivity index (χ2v) is 5.95. The third-order valence-corrected chi connectivity index (χ3v) is 4.02. The lowest BCUT2D eigenvalue weighted by Crippen LogP contribution is -2.16. The van der Waals surface area contributed by atoms with Crippen molar-refractivity contribution in [3.8, 4) is 0 Å². The maximum absolute atomic E-state index is 12.7. The van der Waals surface area contributed by atoms with Gasteiger partial charge >= 0.3 is 0 Å². The number of hydrogen-bond acceptors (Lipinski definition) is 2. The first kappa shape index (κ1) is 17.3. The normalized spacial score (nSPS) is 10.7. The molecule has 0 saturated carbocycles. The third kappa shape index (κ3) is 4.45. The SMILES string of the molecule is CCCCn1c(CCC(N)=O)ccc1C(=O)c1ccc(Cl)cc1. The first-order chi connectivity index (χ1) is 11.0. The fourth-order valence-electron chi connectivity index (χ4n) is 2.51. The van der Waals surface area contributed by atoms with Crippen LogP contribution >= 0.6 is 11.6 Å². The number of unbranched alkanes of at least 4 members (excludes halogenated alkanes) is 1. The number of primary amides is 1. The van der Waals surface area contributed by atoms with Crippen molar-refractivity contribution in [2.45, 2.75) is 39.2 Å². The number of halogens is 1. The maximum atomic E-state index is 12.7. The Bertz CT molecular complexity index is 690. The zero-order chi connectivity index (χ0) is 16.8. The lowest BCUT2D eigenvalue weighted by molar-refractivity contribution is -0.118. The van der Waals surface area contributed by atoms with Crippen LogP contribution in [0.5, 0.6) is 0 Å². The number of aromatic nitrogens is 1. The Hall–Kier alpha value is -2.07. The summed E-state index contributed by atoms with van der Waals surface area (Å²) in [5.41, 5.74) is 7.44. The van der Waals surface area contributed by atoms with Crippen LogP contribution in [0.25, 0.3) is 0 Å². The molecule has 0 atom stereocenters. The Morgan fingerprint density at radius 3 is 2.43 bits per heavy atom. The quantitative estimate of drug-likeness (QED) is 0.751. The van der Waals surface area contributed by atoms with E-state index in [-0.39, 0.29) is 18.1 Å². The Morgan fingerprint density at radius 1 is 1.13 bits per heavy atom. The highest BCUT2D eigenvalue weighted by Crippen LogP contribution is 2.18. The highest BCUT2D eigenvalue weighted by molar-refractivity contribution is 6.30. The molecule has 0 radical (unpaired) electrons. The van der Waals surface area contributed by atoms with E-state index in [9.17, 15) is 9.59 Å². The highest BCUT2D eigenvalue weighted by Gasteiger charge is 2.16. The summed E-state index contributed by atoms with van der Waals surface area (Å²) in [6.07, 6.45) is 2.83. The van der Waals surface area contributed by atoms with Gasteiger partial charge < -0.3 is 10.3 Å². The van der Waals surface area contributed by atoms with Crippen molar-refractivity contribution in [3.63, 3.8) is 0 Å². The lowest BCUT2D eigenvalue weighted by atomic mass is 10.1. The van der Waals surface area contributed by atoms with Crippen LogP contribution in [0.1, 0.15) is 47.9 Å². The number of carbonyl (C=O) groups excluding carboxylic acids is 2. The van der Waals surface area contributed by atoms with Gasteiger partial charge in [-0.1, -0.05) is 24.9 Å². The van der Waals surface area contributed by atoms with E-state index in [1.807, 2.05) is 16.7 Å². The minimum atomic E-state index is -0.334. The van der Waals surface area contributed by atoms with Gasteiger partial charge in [-0.25, -0.2) is 0 Å². The lowest BCUT2D eigenvalue weighted by Gasteiger charge is -2.12. The van der Waals surface area contributed by atoms with Crippen molar-refractivity contribution in [3.05, 3.63) is 58.4 Å². The molecule has 2 rings (SSSR count). The molecule has 5 heteroatoms. The number of benzene rings is 1. The largest absolute Gasteiger partial charge is 0.370 e. The van der Waals surface area contributed by atoms with Gasteiger partial charge in [0.2, 0.25) is 11.7 Å². The standard InChI is InChI=1S/C18H21ClN2O2/c1-2-3-12-21-15(9-11-17(20)22)8-10-16(21)18(23)13-4-6-14(19)7-5-13/h4-8,10H,2-3,9,11-12H2,1H3,(H2,20,22). The van der Waals surface area contributed by atoms with Gasteiger partial charge in [-0.2, -0.15) is 0 Å². The van der Waals surface area contributed by atoms with Crippen LogP contribution < -0.4 is 5.73 Å². The Kier molecular flexibility index (Phi) is 5.99. The van der Waals surface area contributed by atoms with Crippen molar-refractivity contribution in [2.75, 3.05) is 0 Å². The fourth-order valence-corrected chi connectivity index (χ4v) is 2.63. The van der Waals surface area contributed by atoms with E-state index in [0.29, 0.717) is 22.7 Å². The molecule has 0 spiro atoms. The molecule has 1 aromatic heterocycles. The molecular formula is C18H21ClN2O2. The average molecular weight is 333 g/mol. The van der Waals surface area contributed by atoms with E-state index >= 15 is 0 Å². The minimum absolute atomic E-state index is 0.0388. The molecule has 23 heavy (non-hydrogen) atoms. The summed E-state index contributed by atoms with van der Waals surface area (Å²) in [4.78, 5) is 23.8. The molecular weight excluding hydrogens is 312 g/mol. The number of aryl methyl sites for hydroxylation is 1. The number of ketones is 1. The van der Waals surface area contributed by atoms with Crippen LogP contribution in [-0.4, -0.2) is 16.3 Å². The predicted molar refractivity (Wildman–Crippen MR) is 91.7 cm³/mol. The second kappa shape index (κ2) is 7.97. The van der Waals surface area contributed by atoms with Gasteiger partial charge in [0.15, 0.2) is 0 Å². The predicted octanol–water partition coefficient (Wildman–Crippen LogP) is 3.59. The van der Waals surface area contributed by atoms with Gasteiger partial charge in [-0.15, -0.1) is 0 Å². The summed E-state index contributed by atoms with van der Waals surface area (Å²) in [5.74, 6) is -0.373. The van der Waals surface area contributed by atoms with Crippen molar-refractivity contribution in [2.24, 2.45) is 5.73 Å². The Balaban J connectivity index is 2.30.